The van der Waals surface area contributed by atoms with Gasteiger partial charge >= 0.3 is 0 Å². The zero-order chi connectivity index (χ0) is 13.7. The molecule has 5 nitrogen and oxygen atoms in total. The molecule has 0 saturated heterocycles. The minimum absolute atomic E-state index is 0.0141. The normalized spacial score (nSPS) is 17.2. The molecule has 1 saturated carbocycles. The molecule has 0 aliphatic heterocycles. The summed E-state index contributed by atoms with van der Waals surface area (Å²) in [5.74, 6) is 0.568. The van der Waals surface area contributed by atoms with Gasteiger partial charge in [-0.05, 0) is 24.5 Å². The van der Waals surface area contributed by atoms with Gasteiger partial charge in [-0.3, -0.25) is 4.79 Å². The van der Waals surface area contributed by atoms with Gasteiger partial charge in [0, 0.05) is 30.8 Å². The first-order valence-corrected chi connectivity index (χ1v) is 6.66. The average Bonchev–Trinajstić information content (AvgIpc) is 2.83. The van der Waals surface area contributed by atoms with Crippen LogP contribution in [-0.2, 0) is 11.3 Å². The zero-order valence-corrected chi connectivity index (χ0v) is 11.3. The number of hydrogen-bond acceptors (Lipinski definition) is 4. The molecular formula is C14H21N3O2. The Morgan fingerprint density at radius 3 is 2.95 bits per heavy atom. The van der Waals surface area contributed by atoms with Crippen molar-refractivity contribution in [3.63, 3.8) is 0 Å². The number of amides is 1. The Balaban J connectivity index is 1.82. The molecular weight excluding hydrogens is 242 g/mol. The highest BCUT2D eigenvalue weighted by atomic mass is 16.5. The van der Waals surface area contributed by atoms with E-state index in [1.165, 1.54) is 0 Å². The number of hydrogen-bond donors (Lipinski definition) is 2. The van der Waals surface area contributed by atoms with Crippen molar-refractivity contribution in [2.24, 2.45) is 5.73 Å². The molecule has 1 aromatic heterocycles. The SMILES string of the molecule is COc1cc(CNC(=O)CC2(N)CCCC2)ccn1. The molecule has 5 heteroatoms. The highest BCUT2D eigenvalue weighted by Gasteiger charge is 2.31. The van der Waals surface area contributed by atoms with Crippen molar-refractivity contribution in [2.75, 3.05) is 7.11 Å². The number of aromatic nitrogens is 1. The van der Waals surface area contributed by atoms with Gasteiger partial charge in [-0.1, -0.05) is 12.8 Å². The quantitative estimate of drug-likeness (QED) is 0.841. The number of nitrogens with zero attached hydrogens (tertiary/aromatic N) is 1. The molecule has 1 heterocycles. The van der Waals surface area contributed by atoms with Crippen molar-refractivity contribution < 1.29 is 9.53 Å². The third-order valence-electron chi connectivity index (χ3n) is 3.61. The lowest BCUT2D eigenvalue weighted by atomic mass is 9.94. The van der Waals surface area contributed by atoms with Crippen LogP contribution in [0.5, 0.6) is 5.88 Å². The van der Waals surface area contributed by atoms with Gasteiger partial charge in [0.15, 0.2) is 0 Å². The van der Waals surface area contributed by atoms with Crippen LogP contribution in [0, 0.1) is 0 Å². The van der Waals surface area contributed by atoms with E-state index >= 15 is 0 Å². The van der Waals surface area contributed by atoms with Crippen LogP contribution in [0.4, 0.5) is 0 Å². The van der Waals surface area contributed by atoms with Crippen molar-refractivity contribution in [2.45, 2.75) is 44.2 Å². The topological polar surface area (TPSA) is 77.2 Å². The number of methoxy groups -OCH3 is 1. The molecule has 0 atom stereocenters. The van der Waals surface area contributed by atoms with Crippen LogP contribution in [-0.4, -0.2) is 23.5 Å². The minimum Gasteiger partial charge on any atom is -0.481 e. The third-order valence-corrected chi connectivity index (χ3v) is 3.61. The first-order chi connectivity index (χ1) is 9.11. The van der Waals surface area contributed by atoms with Crippen molar-refractivity contribution in [3.8, 4) is 5.88 Å². The van der Waals surface area contributed by atoms with Gasteiger partial charge in [0.25, 0.3) is 0 Å². The maximum absolute atomic E-state index is 11.9. The highest BCUT2D eigenvalue weighted by Crippen LogP contribution is 2.29. The lowest BCUT2D eigenvalue weighted by Crippen LogP contribution is -2.42. The van der Waals surface area contributed by atoms with Crippen LogP contribution in [0.1, 0.15) is 37.7 Å². The van der Waals surface area contributed by atoms with E-state index in [0.29, 0.717) is 18.8 Å². The summed E-state index contributed by atoms with van der Waals surface area (Å²) in [6.45, 7) is 0.480. The largest absolute Gasteiger partial charge is 0.481 e. The maximum Gasteiger partial charge on any atom is 0.222 e. The van der Waals surface area contributed by atoms with Gasteiger partial charge < -0.3 is 15.8 Å². The van der Waals surface area contributed by atoms with Gasteiger partial charge in [-0.15, -0.1) is 0 Å². The number of carbonyl (C=O) groups is 1. The van der Waals surface area contributed by atoms with Crippen LogP contribution in [0.2, 0.25) is 0 Å². The lowest BCUT2D eigenvalue weighted by molar-refractivity contribution is -0.122. The van der Waals surface area contributed by atoms with E-state index in [-0.39, 0.29) is 11.4 Å². The van der Waals surface area contributed by atoms with Crippen LogP contribution in [0.3, 0.4) is 0 Å². The number of pyridine rings is 1. The van der Waals surface area contributed by atoms with E-state index in [1.807, 2.05) is 12.1 Å². The van der Waals surface area contributed by atoms with E-state index in [4.69, 9.17) is 10.5 Å². The van der Waals surface area contributed by atoms with E-state index < -0.39 is 0 Å². The Kier molecular flexibility index (Phi) is 4.37. The van der Waals surface area contributed by atoms with Gasteiger partial charge in [-0.2, -0.15) is 0 Å². The van der Waals surface area contributed by atoms with Crippen molar-refractivity contribution in [1.29, 1.82) is 0 Å². The van der Waals surface area contributed by atoms with Gasteiger partial charge in [0.05, 0.1) is 7.11 Å². The molecule has 1 amide bonds. The molecule has 104 valence electrons. The number of ether oxygens (including phenoxy) is 1. The van der Waals surface area contributed by atoms with Crippen molar-refractivity contribution in [3.05, 3.63) is 23.9 Å². The molecule has 3 N–H and O–H groups in total. The summed E-state index contributed by atoms with van der Waals surface area (Å²) in [6.07, 6.45) is 6.24. The van der Waals surface area contributed by atoms with Crippen LogP contribution < -0.4 is 15.8 Å². The second-order valence-corrected chi connectivity index (χ2v) is 5.23. The molecule has 0 spiro atoms. The summed E-state index contributed by atoms with van der Waals surface area (Å²) in [6, 6.07) is 3.67. The van der Waals surface area contributed by atoms with E-state index in [0.717, 1.165) is 31.2 Å². The number of rotatable bonds is 5. The Hall–Kier alpha value is -1.62. The van der Waals surface area contributed by atoms with E-state index in [9.17, 15) is 4.79 Å². The second kappa shape index (κ2) is 6.02. The average molecular weight is 263 g/mol. The first kappa shape index (κ1) is 13.8. The maximum atomic E-state index is 11.9. The molecule has 1 aliphatic rings. The van der Waals surface area contributed by atoms with Crippen molar-refractivity contribution >= 4 is 5.91 Å². The van der Waals surface area contributed by atoms with E-state index in [2.05, 4.69) is 10.3 Å². The lowest BCUT2D eigenvalue weighted by Gasteiger charge is -2.22. The van der Waals surface area contributed by atoms with E-state index in [1.54, 1.807) is 13.3 Å². The molecule has 2 rings (SSSR count). The Morgan fingerprint density at radius 1 is 1.53 bits per heavy atom. The number of nitrogens with one attached hydrogen (secondary N) is 1. The minimum atomic E-state index is -0.292. The molecule has 0 aromatic carbocycles. The Labute approximate surface area is 113 Å². The summed E-state index contributed by atoms with van der Waals surface area (Å²) >= 11 is 0. The van der Waals surface area contributed by atoms with Gasteiger partial charge in [-0.25, -0.2) is 4.98 Å². The summed E-state index contributed by atoms with van der Waals surface area (Å²) in [4.78, 5) is 15.9. The fourth-order valence-electron chi connectivity index (χ4n) is 2.51. The van der Waals surface area contributed by atoms with Crippen LogP contribution >= 0.6 is 0 Å². The molecule has 19 heavy (non-hydrogen) atoms. The number of carbonyl (C=O) groups excluding carboxylic acids is 1. The molecule has 0 unspecified atom stereocenters. The third kappa shape index (κ3) is 3.92. The summed E-state index contributed by atoms with van der Waals surface area (Å²) in [7, 11) is 1.57. The molecule has 1 fully saturated rings. The smallest absolute Gasteiger partial charge is 0.222 e. The van der Waals surface area contributed by atoms with Crippen LogP contribution in [0.25, 0.3) is 0 Å². The zero-order valence-electron chi connectivity index (χ0n) is 11.3. The summed E-state index contributed by atoms with van der Waals surface area (Å²) in [5, 5.41) is 2.90. The summed E-state index contributed by atoms with van der Waals surface area (Å²) in [5.41, 5.74) is 6.86. The highest BCUT2D eigenvalue weighted by molar-refractivity contribution is 5.77. The Bertz CT molecular complexity index is 442. The number of nitrogens with two attached hydrogens (primary N) is 1. The monoisotopic (exact) mass is 263 g/mol. The fourth-order valence-corrected chi connectivity index (χ4v) is 2.51. The standard InChI is InChI=1S/C14H21N3O2/c1-19-13-8-11(4-7-16-13)10-17-12(18)9-14(15)5-2-3-6-14/h4,7-8H,2-3,5-6,9-10,15H2,1H3,(H,17,18). The molecule has 0 bridgehead atoms. The fraction of sp³-hybridized carbons (Fsp3) is 0.571. The van der Waals surface area contributed by atoms with Crippen molar-refractivity contribution in [1.82, 2.24) is 10.3 Å². The molecule has 0 radical (unpaired) electrons. The first-order valence-electron chi connectivity index (χ1n) is 6.66. The summed E-state index contributed by atoms with van der Waals surface area (Å²) < 4.78 is 5.04. The molecule has 1 aromatic rings. The molecule has 1 aliphatic carbocycles. The second-order valence-electron chi connectivity index (χ2n) is 5.23. The van der Waals surface area contributed by atoms with Gasteiger partial charge in [0.2, 0.25) is 11.8 Å². The Morgan fingerprint density at radius 2 is 2.26 bits per heavy atom. The predicted octanol–water partition coefficient (Wildman–Crippen LogP) is 1.37. The van der Waals surface area contributed by atoms with Gasteiger partial charge in [0.1, 0.15) is 0 Å². The van der Waals surface area contributed by atoms with Crippen LogP contribution in [0.15, 0.2) is 18.3 Å². The predicted molar refractivity (Wildman–Crippen MR) is 72.6 cm³/mol.